The summed E-state index contributed by atoms with van der Waals surface area (Å²) < 4.78 is 14.1. The standard InChI is InChI=1S/C27H33N5O5/c1-29(19-11-16-37-17-12-19)25(34)18-32-22-9-8-21-20(6-5-14-31(21)27(35)36-2)26(22)28-23(32)10-15-30-13-4-3-7-24(30)33/h3-4,7-9,13,19H,5-6,10-12,14-18H2,1-2H3. The van der Waals surface area contributed by atoms with Crippen molar-refractivity contribution in [2.75, 3.05) is 38.8 Å². The van der Waals surface area contributed by atoms with Crippen molar-refractivity contribution in [2.24, 2.45) is 0 Å². The molecule has 10 nitrogen and oxygen atoms in total. The molecule has 10 heteroatoms. The summed E-state index contributed by atoms with van der Waals surface area (Å²) in [4.78, 5) is 46.5. The van der Waals surface area contributed by atoms with Gasteiger partial charge in [0.2, 0.25) is 5.91 Å². The zero-order valence-electron chi connectivity index (χ0n) is 21.4. The lowest BCUT2D eigenvalue weighted by Crippen LogP contribution is -2.42. The number of imidazole rings is 1. The van der Waals surface area contributed by atoms with Crippen molar-refractivity contribution in [1.82, 2.24) is 19.0 Å². The Morgan fingerprint density at radius 2 is 2.00 bits per heavy atom. The molecule has 0 N–H and O–H groups in total. The fraction of sp³-hybridized carbons (Fsp3) is 0.481. The Kier molecular flexibility index (Phi) is 7.27. The molecular formula is C27H33N5O5. The Labute approximate surface area is 215 Å². The van der Waals surface area contributed by atoms with Crippen LogP contribution in [0.4, 0.5) is 10.5 Å². The topological polar surface area (TPSA) is 98.9 Å². The number of carbonyl (C=O) groups is 2. The number of anilines is 1. The number of ether oxygens (including phenoxy) is 2. The lowest BCUT2D eigenvalue weighted by molar-refractivity contribution is -0.134. The van der Waals surface area contributed by atoms with Crippen LogP contribution in [-0.4, -0.2) is 71.0 Å². The zero-order valence-corrected chi connectivity index (χ0v) is 21.4. The van der Waals surface area contributed by atoms with Crippen LogP contribution in [0.1, 0.15) is 30.7 Å². The molecule has 3 aromatic rings. The minimum Gasteiger partial charge on any atom is -0.452 e. The van der Waals surface area contributed by atoms with Gasteiger partial charge < -0.3 is 23.5 Å². The number of hydrogen-bond acceptors (Lipinski definition) is 6. The van der Waals surface area contributed by atoms with Gasteiger partial charge in [-0.1, -0.05) is 6.07 Å². The van der Waals surface area contributed by atoms with Crippen molar-refractivity contribution >= 4 is 28.7 Å². The van der Waals surface area contributed by atoms with Crippen LogP contribution in [0.3, 0.4) is 0 Å². The highest BCUT2D eigenvalue weighted by Crippen LogP contribution is 2.34. The second kappa shape index (κ2) is 10.8. The fourth-order valence-corrected chi connectivity index (χ4v) is 5.37. The highest BCUT2D eigenvalue weighted by molar-refractivity contribution is 5.95. The molecule has 5 rings (SSSR count). The van der Waals surface area contributed by atoms with Gasteiger partial charge in [0, 0.05) is 63.6 Å². The molecular weight excluding hydrogens is 474 g/mol. The third-order valence-corrected chi connectivity index (χ3v) is 7.47. The number of hydrogen-bond donors (Lipinski definition) is 0. The van der Waals surface area contributed by atoms with E-state index in [2.05, 4.69) is 0 Å². The Hall–Kier alpha value is -3.66. The molecule has 1 aromatic carbocycles. The Morgan fingerprint density at radius 1 is 1.19 bits per heavy atom. The number of methoxy groups -OCH3 is 1. The minimum atomic E-state index is -0.392. The van der Waals surface area contributed by atoms with Crippen LogP contribution in [0.5, 0.6) is 0 Å². The fourth-order valence-electron chi connectivity index (χ4n) is 5.37. The lowest BCUT2D eigenvalue weighted by Gasteiger charge is -2.31. The van der Waals surface area contributed by atoms with E-state index in [4.69, 9.17) is 14.5 Å². The van der Waals surface area contributed by atoms with Gasteiger partial charge >= 0.3 is 6.09 Å². The van der Waals surface area contributed by atoms with E-state index in [9.17, 15) is 14.4 Å². The molecule has 0 aliphatic carbocycles. The predicted octanol–water partition coefficient (Wildman–Crippen LogP) is 2.60. The number of aromatic nitrogens is 3. The van der Waals surface area contributed by atoms with Crippen LogP contribution in [0, 0.1) is 0 Å². The summed E-state index contributed by atoms with van der Waals surface area (Å²) in [7, 11) is 3.24. The first-order valence-corrected chi connectivity index (χ1v) is 12.8. The van der Waals surface area contributed by atoms with Crippen LogP contribution < -0.4 is 10.5 Å². The van der Waals surface area contributed by atoms with E-state index in [0.29, 0.717) is 32.7 Å². The first-order valence-electron chi connectivity index (χ1n) is 12.8. The second-order valence-electron chi connectivity index (χ2n) is 9.60. The molecule has 4 heterocycles. The number of rotatable bonds is 6. The maximum atomic E-state index is 13.4. The molecule has 1 saturated heterocycles. The van der Waals surface area contributed by atoms with Crippen molar-refractivity contribution in [1.29, 1.82) is 0 Å². The molecule has 0 bridgehead atoms. The average Bonchev–Trinajstić information content (AvgIpc) is 3.29. The van der Waals surface area contributed by atoms with Gasteiger partial charge in [0.25, 0.3) is 5.56 Å². The maximum absolute atomic E-state index is 13.4. The quantitative estimate of drug-likeness (QED) is 0.509. The lowest BCUT2D eigenvalue weighted by atomic mass is 10.0. The third kappa shape index (κ3) is 4.98. The average molecular weight is 508 g/mol. The van der Waals surface area contributed by atoms with Gasteiger partial charge in [-0.3, -0.25) is 14.5 Å². The smallest absolute Gasteiger partial charge is 0.414 e. The van der Waals surface area contributed by atoms with Crippen LogP contribution in [0.25, 0.3) is 11.0 Å². The predicted molar refractivity (Wildman–Crippen MR) is 139 cm³/mol. The van der Waals surface area contributed by atoms with Gasteiger partial charge in [-0.2, -0.15) is 0 Å². The molecule has 37 heavy (non-hydrogen) atoms. The third-order valence-electron chi connectivity index (χ3n) is 7.47. The van der Waals surface area contributed by atoms with Gasteiger partial charge in [0.1, 0.15) is 12.4 Å². The van der Waals surface area contributed by atoms with E-state index in [1.807, 2.05) is 34.7 Å². The van der Waals surface area contributed by atoms with Gasteiger partial charge in [-0.25, -0.2) is 9.78 Å². The number of likely N-dealkylation sites (N-methyl/N-ethyl adjacent to an activating group) is 1. The number of carbonyl (C=O) groups excluding carboxylic acids is 2. The number of nitrogens with zero attached hydrogens (tertiary/aromatic N) is 5. The molecule has 196 valence electrons. The van der Waals surface area contributed by atoms with E-state index in [0.717, 1.165) is 53.8 Å². The highest BCUT2D eigenvalue weighted by Gasteiger charge is 2.28. The largest absolute Gasteiger partial charge is 0.452 e. The Morgan fingerprint density at radius 3 is 2.76 bits per heavy atom. The minimum absolute atomic E-state index is 0.0123. The Bertz CT molecular complexity index is 1360. The molecule has 0 radical (unpaired) electrons. The van der Waals surface area contributed by atoms with E-state index < -0.39 is 6.09 Å². The number of aryl methyl sites for hydroxylation is 3. The van der Waals surface area contributed by atoms with Gasteiger partial charge in [-0.05, 0) is 43.9 Å². The van der Waals surface area contributed by atoms with Crippen molar-refractivity contribution in [2.45, 2.75) is 51.2 Å². The van der Waals surface area contributed by atoms with Crippen molar-refractivity contribution in [3.8, 4) is 0 Å². The van der Waals surface area contributed by atoms with E-state index >= 15 is 0 Å². The molecule has 2 aromatic heterocycles. The molecule has 1 fully saturated rings. The monoisotopic (exact) mass is 507 g/mol. The first kappa shape index (κ1) is 25.0. The summed E-state index contributed by atoms with van der Waals surface area (Å²) in [6, 6.07) is 9.09. The van der Waals surface area contributed by atoms with Crippen molar-refractivity contribution < 1.29 is 19.1 Å². The van der Waals surface area contributed by atoms with E-state index in [-0.39, 0.29) is 24.1 Å². The van der Waals surface area contributed by atoms with Gasteiger partial charge in [0.05, 0.1) is 23.8 Å². The molecule has 2 aliphatic heterocycles. The van der Waals surface area contributed by atoms with Crippen LogP contribution in [-0.2, 0) is 40.2 Å². The van der Waals surface area contributed by atoms with E-state index in [1.165, 1.54) is 13.2 Å². The molecule has 2 amide bonds. The number of pyridine rings is 1. The number of benzene rings is 1. The maximum Gasteiger partial charge on any atom is 0.414 e. The summed E-state index contributed by atoms with van der Waals surface area (Å²) in [6.45, 7) is 2.52. The molecule has 0 unspecified atom stereocenters. The zero-order chi connectivity index (χ0) is 25.9. The molecule has 2 aliphatic rings. The summed E-state index contributed by atoms with van der Waals surface area (Å²) >= 11 is 0. The van der Waals surface area contributed by atoms with Crippen LogP contribution in [0.15, 0.2) is 41.3 Å². The highest BCUT2D eigenvalue weighted by atomic mass is 16.5. The first-order chi connectivity index (χ1) is 18.0. The summed E-state index contributed by atoms with van der Waals surface area (Å²) in [6.07, 6.45) is 5.09. The SMILES string of the molecule is COC(=O)N1CCCc2c1ccc1c2nc(CCn2ccccc2=O)n1CC(=O)N(C)C1CCOCC1. The molecule has 0 saturated carbocycles. The van der Waals surface area contributed by atoms with Crippen LogP contribution >= 0.6 is 0 Å². The number of amides is 2. The summed E-state index contributed by atoms with van der Waals surface area (Å²) in [5.41, 5.74) is 3.35. The summed E-state index contributed by atoms with van der Waals surface area (Å²) in [5.74, 6) is 0.751. The normalized spacial score (nSPS) is 16.0. The Balaban J connectivity index is 1.52. The van der Waals surface area contributed by atoms with Crippen molar-refractivity contribution in [3.63, 3.8) is 0 Å². The molecule has 0 spiro atoms. The molecule has 0 atom stereocenters. The van der Waals surface area contributed by atoms with E-state index in [1.54, 1.807) is 21.7 Å². The summed E-state index contributed by atoms with van der Waals surface area (Å²) in [5, 5.41) is 0. The van der Waals surface area contributed by atoms with Gasteiger partial charge in [-0.15, -0.1) is 0 Å². The number of fused-ring (bicyclic) bond motifs is 3. The van der Waals surface area contributed by atoms with Crippen molar-refractivity contribution in [3.05, 3.63) is 58.3 Å². The van der Waals surface area contributed by atoms with Crippen LogP contribution in [0.2, 0.25) is 0 Å². The van der Waals surface area contributed by atoms with Gasteiger partial charge in [0.15, 0.2) is 0 Å². The second-order valence-corrected chi connectivity index (χ2v) is 9.60.